The van der Waals surface area contributed by atoms with Crippen molar-refractivity contribution in [2.75, 3.05) is 51.1 Å². The van der Waals surface area contributed by atoms with E-state index in [1.54, 1.807) is 34.7 Å². The zero-order valence-corrected chi connectivity index (χ0v) is 42.7. The molecule has 0 radical (unpaired) electrons. The summed E-state index contributed by atoms with van der Waals surface area (Å²) in [5.41, 5.74) is 0.188. The van der Waals surface area contributed by atoms with Crippen molar-refractivity contribution < 1.29 is 62.4 Å². The average Bonchev–Trinajstić information content (AvgIpc) is 3.92. The number of hydrogen-bond acceptors (Lipinski definition) is 14. The van der Waals surface area contributed by atoms with Gasteiger partial charge in [-0.1, -0.05) is 62.2 Å². The molecule has 0 aromatic heterocycles. The highest BCUT2D eigenvalue weighted by Gasteiger charge is 2.64. The van der Waals surface area contributed by atoms with Crippen LogP contribution in [0.2, 0.25) is 5.02 Å². The van der Waals surface area contributed by atoms with Gasteiger partial charge in [0.25, 0.3) is 0 Å². The summed E-state index contributed by atoms with van der Waals surface area (Å²) in [6.07, 6.45) is 2.78. The van der Waals surface area contributed by atoms with Gasteiger partial charge in [-0.05, 0) is 51.3 Å². The van der Waals surface area contributed by atoms with Crippen molar-refractivity contribution in [3.8, 4) is 0 Å². The van der Waals surface area contributed by atoms with Gasteiger partial charge < -0.3 is 39.2 Å². The smallest absolute Gasteiger partial charge is 0.409 e. The number of aryl methyl sites for hydroxylation is 1. The fraction of sp³-hybridized carbons (Fsp3) is 0.633. The van der Waals surface area contributed by atoms with Crippen LogP contribution >= 0.6 is 23.4 Å². The molecule has 1 aromatic rings. The molecule has 0 aliphatic carbocycles. The summed E-state index contributed by atoms with van der Waals surface area (Å²) >= 11 is 7.95. The standard InChI is InChI=1S/C49H68ClN5O13S/c1-10-34(56)15-19-65-20-17-51-39(57)14-18-55-42(60)25-37(45(55)61)69-21-16-40(58)53(8)32(6)46(62)67-38-26-41(59)54(9)35-24-33(23-29(3)43(35)50)22-28(2)12-11-13-30(4)49(64)27-36(66-47(63)52-49)31(5)44-48(38,7)68-44/h11-13,23-24,30-32,36-38,44,64H,10,14-22,25-27H2,1-9H3,(H,51,57)(H,52,63)/b13-11+,28-12+. The highest BCUT2D eigenvalue weighted by molar-refractivity contribution is 8.00. The molecule has 4 aliphatic heterocycles. The highest BCUT2D eigenvalue weighted by Crippen LogP contribution is 2.49. The van der Waals surface area contributed by atoms with E-state index in [-0.39, 0.29) is 75.9 Å². The van der Waals surface area contributed by atoms with E-state index in [4.69, 9.17) is 30.5 Å². The summed E-state index contributed by atoms with van der Waals surface area (Å²) < 4.78 is 23.5. The Morgan fingerprint density at radius 2 is 1.80 bits per heavy atom. The molecule has 69 heavy (non-hydrogen) atoms. The van der Waals surface area contributed by atoms with Gasteiger partial charge in [-0.25, -0.2) is 9.59 Å². The number of allylic oxidation sites excluding steroid dienone is 3. The quantitative estimate of drug-likeness (QED) is 0.0840. The number of esters is 1. The molecule has 1 aromatic carbocycles. The molecule has 20 heteroatoms. The zero-order valence-electron chi connectivity index (χ0n) is 41.1. The first kappa shape index (κ1) is 55.1. The second-order valence-electron chi connectivity index (χ2n) is 18.7. The lowest BCUT2D eigenvalue weighted by Crippen LogP contribution is -2.60. The third kappa shape index (κ3) is 14.0. The van der Waals surface area contributed by atoms with Crippen LogP contribution in [0.4, 0.5) is 10.5 Å². The first-order valence-electron chi connectivity index (χ1n) is 23.6. The van der Waals surface area contributed by atoms with Gasteiger partial charge in [-0.3, -0.25) is 39.0 Å². The summed E-state index contributed by atoms with van der Waals surface area (Å²) in [7, 11) is 3.03. The van der Waals surface area contributed by atoms with E-state index in [9.17, 15) is 43.5 Å². The first-order chi connectivity index (χ1) is 32.5. The number of imide groups is 1. The van der Waals surface area contributed by atoms with Crippen LogP contribution in [-0.2, 0) is 58.9 Å². The van der Waals surface area contributed by atoms with Gasteiger partial charge >= 0.3 is 12.1 Å². The van der Waals surface area contributed by atoms with Crippen molar-refractivity contribution in [2.24, 2.45) is 11.8 Å². The number of fused-ring (bicyclic) bond motifs is 5. The number of aliphatic hydroxyl groups is 1. The third-order valence-corrected chi connectivity index (χ3v) is 15.3. The number of nitrogens with one attached hydrogen (secondary N) is 2. The Morgan fingerprint density at radius 1 is 1.07 bits per heavy atom. The van der Waals surface area contributed by atoms with Crippen LogP contribution in [0.15, 0.2) is 35.9 Å². The second kappa shape index (κ2) is 23.9. The van der Waals surface area contributed by atoms with Crippen molar-refractivity contribution in [3.05, 3.63) is 52.1 Å². The molecule has 3 N–H and O–H groups in total. The molecule has 4 aliphatic rings. The number of ketones is 1. The lowest BCUT2D eigenvalue weighted by molar-refractivity contribution is -0.162. The van der Waals surface area contributed by atoms with Crippen LogP contribution in [-0.4, -0.2) is 149 Å². The SMILES string of the molecule is CCC(=O)CCOCCNC(=O)CCN1C(=O)CC(SCCC(=O)N(C)C(C)C(=O)OC2CC(=O)N(C)c3cc(cc(C)c3Cl)C/C(C)=C/C=C/C(C)C3(O)CC(OC(=O)N3)C(C)C3OC23C)C1=O. The summed E-state index contributed by atoms with van der Waals surface area (Å²) in [6, 6.07) is 2.66. The molecule has 4 bridgehead atoms. The normalized spacial score (nSPS) is 28.9. The Labute approximate surface area is 413 Å². The zero-order chi connectivity index (χ0) is 51.0. The van der Waals surface area contributed by atoms with Gasteiger partial charge in [-0.15, -0.1) is 11.8 Å². The molecule has 380 valence electrons. The molecule has 4 heterocycles. The minimum absolute atomic E-state index is 0.0206. The number of likely N-dealkylation sites (N-methyl/N-ethyl adjacent to an activating group) is 1. The number of epoxide rings is 1. The molecule has 18 nitrogen and oxygen atoms in total. The Balaban J connectivity index is 1.22. The summed E-state index contributed by atoms with van der Waals surface area (Å²) in [5.74, 6) is -3.72. The molecule has 3 fully saturated rings. The number of thioether (sulfide) groups is 1. The first-order valence-corrected chi connectivity index (χ1v) is 25.0. The van der Waals surface area contributed by atoms with E-state index >= 15 is 0 Å². The van der Waals surface area contributed by atoms with Crippen molar-refractivity contribution in [2.45, 2.75) is 141 Å². The monoisotopic (exact) mass is 1000 g/mol. The number of nitrogens with zero attached hydrogens (tertiary/aromatic N) is 3. The van der Waals surface area contributed by atoms with E-state index in [0.717, 1.165) is 33.4 Å². The number of Topliss-reactive ketones (excluding diaryl/α,β-unsaturated/α-hetero) is 1. The number of anilines is 1. The Bertz CT molecular complexity index is 2210. The minimum atomic E-state index is -1.65. The lowest BCUT2D eigenvalue weighted by Gasteiger charge is -2.41. The number of carbonyl (C=O) groups is 8. The number of likely N-dealkylation sites (tertiary alicyclic amines) is 1. The van der Waals surface area contributed by atoms with Crippen molar-refractivity contribution in [3.63, 3.8) is 0 Å². The third-order valence-electron chi connectivity index (χ3n) is 13.6. The molecule has 0 spiro atoms. The molecular formula is C49H68ClN5O13S. The Morgan fingerprint density at radius 3 is 2.51 bits per heavy atom. The van der Waals surface area contributed by atoms with E-state index < -0.39 is 88.5 Å². The summed E-state index contributed by atoms with van der Waals surface area (Å²) in [5, 5.41) is 16.6. The van der Waals surface area contributed by atoms with Crippen LogP contribution in [0.1, 0.15) is 97.6 Å². The molecular weight excluding hydrogens is 934 g/mol. The molecule has 0 saturated carbocycles. The number of halogens is 1. The number of ether oxygens (including phenoxy) is 4. The van der Waals surface area contributed by atoms with E-state index in [1.165, 1.54) is 23.8 Å². The minimum Gasteiger partial charge on any atom is -0.457 e. The maximum atomic E-state index is 14.3. The van der Waals surface area contributed by atoms with Crippen molar-refractivity contribution in [1.82, 2.24) is 20.4 Å². The average molecular weight is 1000 g/mol. The molecule has 5 rings (SSSR count). The van der Waals surface area contributed by atoms with E-state index in [1.807, 2.05) is 44.2 Å². The number of alkyl carbamates (subject to hydrolysis) is 1. The number of carbonyl (C=O) groups excluding carboxylic acids is 8. The lowest BCUT2D eigenvalue weighted by atomic mass is 9.82. The van der Waals surface area contributed by atoms with E-state index in [0.29, 0.717) is 30.0 Å². The van der Waals surface area contributed by atoms with Gasteiger partial charge in [0.15, 0.2) is 0 Å². The fourth-order valence-electron chi connectivity index (χ4n) is 8.67. The predicted octanol–water partition coefficient (Wildman–Crippen LogP) is 4.58. The number of amides is 6. The van der Waals surface area contributed by atoms with Crippen LogP contribution in [0, 0.1) is 18.8 Å². The molecule has 9 atom stereocenters. The summed E-state index contributed by atoms with van der Waals surface area (Å²) in [6.45, 7) is 13.0. The van der Waals surface area contributed by atoms with Crippen LogP contribution in [0.25, 0.3) is 0 Å². The van der Waals surface area contributed by atoms with Crippen LogP contribution in [0.3, 0.4) is 0 Å². The van der Waals surface area contributed by atoms with Crippen molar-refractivity contribution in [1.29, 1.82) is 0 Å². The molecule has 6 amide bonds. The van der Waals surface area contributed by atoms with Gasteiger partial charge in [0.2, 0.25) is 29.5 Å². The van der Waals surface area contributed by atoms with Gasteiger partial charge in [0, 0.05) is 83.3 Å². The Hall–Kier alpha value is -4.82. The highest BCUT2D eigenvalue weighted by atomic mass is 35.5. The largest absolute Gasteiger partial charge is 0.457 e. The van der Waals surface area contributed by atoms with Gasteiger partial charge in [0.1, 0.15) is 35.4 Å². The van der Waals surface area contributed by atoms with Crippen LogP contribution < -0.4 is 15.5 Å². The molecule has 3 saturated heterocycles. The van der Waals surface area contributed by atoms with Gasteiger partial charge in [0.05, 0.1) is 41.7 Å². The second-order valence-corrected chi connectivity index (χ2v) is 20.4. The van der Waals surface area contributed by atoms with Crippen molar-refractivity contribution >= 4 is 76.4 Å². The maximum Gasteiger partial charge on any atom is 0.409 e. The predicted molar refractivity (Wildman–Crippen MR) is 258 cm³/mol. The van der Waals surface area contributed by atoms with Gasteiger partial charge in [-0.2, -0.15) is 0 Å². The van der Waals surface area contributed by atoms with Crippen LogP contribution in [0.5, 0.6) is 0 Å². The number of rotatable bonds is 17. The maximum absolute atomic E-state index is 14.3. The number of hydrogen-bond donors (Lipinski definition) is 3. The molecule has 9 unspecified atom stereocenters. The topological polar surface area (TPSA) is 231 Å². The number of benzene rings is 1. The summed E-state index contributed by atoms with van der Waals surface area (Å²) in [4.78, 5) is 108. The van der Waals surface area contributed by atoms with E-state index in [2.05, 4.69) is 10.6 Å². The fourth-order valence-corrected chi connectivity index (χ4v) is 10.0. The Kier molecular flexibility index (Phi) is 19.1.